The van der Waals surface area contributed by atoms with Crippen molar-refractivity contribution in [3.05, 3.63) is 70.2 Å². The Morgan fingerprint density at radius 3 is 2.48 bits per heavy atom. The van der Waals surface area contributed by atoms with Crippen molar-refractivity contribution < 1.29 is 9.59 Å². The molecule has 33 heavy (non-hydrogen) atoms. The van der Waals surface area contributed by atoms with E-state index < -0.39 is 6.04 Å². The average Bonchev–Trinajstić information content (AvgIpc) is 2.83. The quantitative estimate of drug-likeness (QED) is 0.615. The van der Waals surface area contributed by atoms with Gasteiger partial charge in [-0.25, -0.2) is 0 Å². The monoisotopic (exact) mass is 466 g/mol. The van der Waals surface area contributed by atoms with Crippen molar-refractivity contribution in [2.75, 3.05) is 19.6 Å². The first kappa shape index (κ1) is 24.8. The SMILES string of the molecule is CC(C)C(NC(=O)c1cccc(C#N)c1)C(=O)NCC1CCN(Cc2ccc(Cl)cc2)CC1. The summed E-state index contributed by atoms with van der Waals surface area (Å²) in [5, 5.41) is 15.7. The second-order valence-corrected chi connectivity index (χ2v) is 9.42. The lowest BCUT2D eigenvalue weighted by molar-refractivity contribution is -0.124. The van der Waals surface area contributed by atoms with Gasteiger partial charge in [0.25, 0.3) is 5.91 Å². The maximum Gasteiger partial charge on any atom is 0.251 e. The molecule has 7 heteroatoms. The van der Waals surface area contributed by atoms with Crippen LogP contribution in [-0.2, 0) is 11.3 Å². The van der Waals surface area contributed by atoms with Gasteiger partial charge in [-0.2, -0.15) is 5.26 Å². The molecule has 2 amide bonds. The Bertz CT molecular complexity index is 992. The molecule has 3 rings (SSSR count). The third-order valence-electron chi connectivity index (χ3n) is 6.08. The molecule has 2 aromatic carbocycles. The Morgan fingerprint density at radius 1 is 1.15 bits per heavy atom. The number of carbonyl (C=O) groups excluding carboxylic acids is 2. The largest absolute Gasteiger partial charge is 0.354 e. The van der Waals surface area contributed by atoms with Gasteiger partial charge in [-0.1, -0.05) is 43.6 Å². The van der Waals surface area contributed by atoms with Crippen LogP contribution in [0.1, 0.15) is 48.2 Å². The molecule has 1 unspecified atom stereocenters. The third-order valence-corrected chi connectivity index (χ3v) is 6.33. The number of piperidine rings is 1. The number of likely N-dealkylation sites (tertiary alicyclic amines) is 1. The molecule has 1 heterocycles. The zero-order valence-electron chi connectivity index (χ0n) is 19.2. The van der Waals surface area contributed by atoms with Crippen molar-refractivity contribution in [2.24, 2.45) is 11.8 Å². The van der Waals surface area contributed by atoms with Crippen LogP contribution in [-0.4, -0.2) is 42.4 Å². The number of hydrogen-bond acceptors (Lipinski definition) is 4. The topological polar surface area (TPSA) is 85.2 Å². The number of hydrogen-bond donors (Lipinski definition) is 2. The van der Waals surface area contributed by atoms with Crippen molar-refractivity contribution in [1.29, 1.82) is 5.26 Å². The normalized spacial score (nSPS) is 15.6. The van der Waals surface area contributed by atoms with Crippen molar-refractivity contribution in [3.8, 4) is 6.07 Å². The summed E-state index contributed by atoms with van der Waals surface area (Å²) in [7, 11) is 0. The van der Waals surface area contributed by atoms with Crippen LogP contribution in [0.3, 0.4) is 0 Å². The zero-order chi connectivity index (χ0) is 23.8. The molecule has 0 bridgehead atoms. The summed E-state index contributed by atoms with van der Waals surface area (Å²) >= 11 is 5.96. The van der Waals surface area contributed by atoms with E-state index >= 15 is 0 Å². The molecular formula is C26H31ClN4O2. The lowest BCUT2D eigenvalue weighted by Gasteiger charge is -2.32. The van der Waals surface area contributed by atoms with Gasteiger partial charge in [0, 0.05) is 23.7 Å². The highest BCUT2D eigenvalue weighted by Crippen LogP contribution is 2.19. The standard InChI is InChI=1S/C26H31ClN4O2/c1-18(2)24(30-25(32)22-5-3-4-21(14-22)15-28)26(33)29-16-19-10-12-31(13-11-19)17-20-6-8-23(27)9-7-20/h3-9,14,18-19,24H,10-13,16-17H2,1-2H3,(H,29,33)(H,30,32). The molecule has 6 nitrogen and oxygen atoms in total. The van der Waals surface area contributed by atoms with Crippen LogP contribution in [0.15, 0.2) is 48.5 Å². The molecule has 1 atom stereocenters. The fraction of sp³-hybridized carbons (Fsp3) is 0.423. The summed E-state index contributed by atoms with van der Waals surface area (Å²) in [6.07, 6.45) is 2.04. The highest BCUT2D eigenvalue weighted by atomic mass is 35.5. The zero-order valence-corrected chi connectivity index (χ0v) is 19.9. The summed E-state index contributed by atoms with van der Waals surface area (Å²) in [6.45, 7) is 7.31. The van der Waals surface area contributed by atoms with Gasteiger partial charge >= 0.3 is 0 Å². The van der Waals surface area contributed by atoms with Gasteiger partial charge in [-0.15, -0.1) is 0 Å². The Hall–Kier alpha value is -2.88. The fourth-order valence-electron chi connectivity index (χ4n) is 4.04. The van der Waals surface area contributed by atoms with Crippen LogP contribution in [0.2, 0.25) is 5.02 Å². The maximum atomic E-state index is 12.9. The molecule has 0 saturated carbocycles. The number of rotatable bonds is 8. The molecule has 174 valence electrons. The predicted octanol–water partition coefficient (Wildman–Crippen LogP) is 3.99. The van der Waals surface area contributed by atoms with Crippen LogP contribution in [0.5, 0.6) is 0 Å². The Labute approximate surface area is 200 Å². The number of nitrogens with zero attached hydrogens (tertiary/aromatic N) is 2. The van der Waals surface area contributed by atoms with Crippen molar-refractivity contribution >= 4 is 23.4 Å². The van der Waals surface area contributed by atoms with Crippen LogP contribution in [0.4, 0.5) is 0 Å². The van der Waals surface area contributed by atoms with E-state index in [0.29, 0.717) is 23.6 Å². The summed E-state index contributed by atoms with van der Waals surface area (Å²) in [5.41, 5.74) is 2.04. The van der Waals surface area contributed by atoms with Gasteiger partial charge in [0.1, 0.15) is 6.04 Å². The Balaban J connectivity index is 1.46. The smallest absolute Gasteiger partial charge is 0.251 e. The van der Waals surface area contributed by atoms with E-state index in [4.69, 9.17) is 16.9 Å². The molecule has 1 saturated heterocycles. The molecule has 1 aliphatic heterocycles. The fourth-order valence-corrected chi connectivity index (χ4v) is 4.17. The molecule has 0 radical (unpaired) electrons. The van der Waals surface area contributed by atoms with E-state index in [-0.39, 0.29) is 17.7 Å². The summed E-state index contributed by atoms with van der Waals surface area (Å²) < 4.78 is 0. The van der Waals surface area contributed by atoms with E-state index in [2.05, 4.69) is 27.7 Å². The first-order valence-electron chi connectivity index (χ1n) is 11.4. The van der Waals surface area contributed by atoms with Crippen LogP contribution >= 0.6 is 11.6 Å². The summed E-state index contributed by atoms with van der Waals surface area (Å²) in [6, 6.07) is 15.8. The van der Waals surface area contributed by atoms with Crippen molar-refractivity contribution in [2.45, 2.75) is 39.3 Å². The van der Waals surface area contributed by atoms with Crippen molar-refractivity contribution in [1.82, 2.24) is 15.5 Å². The minimum Gasteiger partial charge on any atom is -0.354 e. The van der Waals surface area contributed by atoms with Gasteiger partial charge < -0.3 is 10.6 Å². The lowest BCUT2D eigenvalue weighted by atomic mass is 9.95. The maximum absolute atomic E-state index is 12.9. The van der Waals surface area contributed by atoms with E-state index in [1.54, 1.807) is 18.2 Å². The number of amides is 2. The van der Waals surface area contributed by atoms with Gasteiger partial charge in [0.2, 0.25) is 5.91 Å². The average molecular weight is 467 g/mol. The lowest BCUT2D eigenvalue weighted by Crippen LogP contribution is -2.51. The van der Waals surface area contributed by atoms with Crippen LogP contribution in [0.25, 0.3) is 0 Å². The van der Waals surface area contributed by atoms with E-state index in [1.807, 2.05) is 32.0 Å². The summed E-state index contributed by atoms with van der Waals surface area (Å²) in [4.78, 5) is 27.9. The molecular weight excluding hydrogens is 436 g/mol. The molecule has 0 aliphatic carbocycles. The second kappa shape index (κ2) is 11.8. The number of halogens is 1. The van der Waals surface area contributed by atoms with Crippen LogP contribution in [0, 0.1) is 23.2 Å². The molecule has 0 spiro atoms. The highest BCUT2D eigenvalue weighted by molar-refractivity contribution is 6.30. The minimum absolute atomic E-state index is 0.0608. The Morgan fingerprint density at radius 2 is 1.85 bits per heavy atom. The molecule has 0 aromatic heterocycles. The molecule has 1 fully saturated rings. The third kappa shape index (κ3) is 7.31. The number of carbonyl (C=O) groups is 2. The Kier molecular flexibility index (Phi) is 8.87. The van der Waals surface area contributed by atoms with Gasteiger partial charge in [0.05, 0.1) is 11.6 Å². The molecule has 2 aromatic rings. The van der Waals surface area contributed by atoms with E-state index in [0.717, 1.165) is 37.5 Å². The van der Waals surface area contributed by atoms with Gasteiger partial charge in [0.15, 0.2) is 0 Å². The van der Waals surface area contributed by atoms with Gasteiger partial charge in [-0.3, -0.25) is 14.5 Å². The first-order chi connectivity index (χ1) is 15.9. The van der Waals surface area contributed by atoms with Gasteiger partial charge in [-0.05, 0) is 73.7 Å². The number of nitrogens with one attached hydrogen (secondary N) is 2. The number of benzene rings is 2. The van der Waals surface area contributed by atoms with E-state index in [1.165, 1.54) is 11.6 Å². The van der Waals surface area contributed by atoms with Crippen LogP contribution < -0.4 is 10.6 Å². The molecule has 1 aliphatic rings. The summed E-state index contributed by atoms with van der Waals surface area (Å²) in [5.74, 6) is -0.157. The van der Waals surface area contributed by atoms with Crippen molar-refractivity contribution in [3.63, 3.8) is 0 Å². The predicted molar refractivity (Wildman–Crippen MR) is 130 cm³/mol. The first-order valence-corrected chi connectivity index (χ1v) is 11.8. The van der Waals surface area contributed by atoms with E-state index in [9.17, 15) is 9.59 Å². The number of nitriles is 1. The highest BCUT2D eigenvalue weighted by Gasteiger charge is 2.26. The molecule has 2 N–H and O–H groups in total. The minimum atomic E-state index is -0.631. The second-order valence-electron chi connectivity index (χ2n) is 8.98.